The summed E-state index contributed by atoms with van der Waals surface area (Å²) < 4.78 is 0. The third-order valence-corrected chi connectivity index (χ3v) is 2.42. The van der Waals surface area contributed by atoms with Gasteiger partial charge in [0.2, 0.25) is 0 Å². The molecule has 0 aliphatic carbocycles. The first-order valence-corrected chi connectivity index (χ1v) is 5.23. The summed E-state index contributed by atoms with van der Waals surface area (Å²) >= 11 is 3.13. The fourth-order valence-electron chi connectivity index (χ4n) is 1.21. The van der Waals surface area contributed by atoms with Crippen LogP contribution in [0.3, 0.4) is 0 Å². The molecular weight excluding hydrogens is 244 g/mol. The second-order valence-corrected chi connectivity index (χ2v) is 3.38. The third-order valence-electron chi connectivity index (χ3n) is 1.91. The van der Waals surface area contributed by atoms with Crippen LogP contribution in [-0.4, -0.2) is 21.1 Å². The molecule has 0 bridgehead atoms. The van der Waals surface area contributed by atoms with Crippen molar-refractivity contribution >= 4 is 32.7 Å². The van der Waals surface area contributed by atoms with Gasteiger partial charge in [-0.1, -0.05) is 15.9 Å². The van der Waals surface area contributed by atoms with Crippen molar-refractivity contribution in [2.75, 3.05) is 5.33 Å². The monoisotopic (exact) mass is 250 g/mol. The molecule has 3 nitrogen and oxygen atoms in total. The Kier molecular flexibility index (Phi) is 2.54. The number of rotatable bonds is 2. The number of nitrogens with zero attached hydrogens (tertiary/aromatic N) is 2. The lowest BCUT2D eigenvalue weighted by molar-refractivity contribution is 0.102. The van der Waals surface area contributed by atoms with Gasteiger partial charge in [0.05, 0.1) is 16.4 Å². The number of hydrogen-bond donors (Lipinski definition) is 0. The van der Waals surface area contributed by atoms with Gasteiger partial charge >= 0.3 is 0 Å². The van der Waals surface area contributed by atoms with Crippen LogP contribution in [0, 0.1) is 0 Å². The molecular formula is C10H7BrN2O. The van der Waals surface area contributed by atoms with E-state index in [1.54, 1.807) is 30.6 Å². The lowest BCUT2D eigenvalue weighted by Crippen LogP contribution is -1.99. The largest absolute Gasteiger partial charge is 0.293 e. The maximum Gasteiger partial charge on any atom is 0.173 e. The summed E-state index contributed by atoms with van der Waals surface area (Å²) in [6, 6.07) is 5.32. The van der Waals surface area contributed by atoms with E-state index in [2.05, 4.69) is 25.9 Å². The molecule has 0 saturated carbocycles. The summed E-state index contributed by atoms with van der Waals surface area (Å²) in [5, 5.41) is 0.332. The highest BCUT2D eigenvalue weighted by atomic mass is 79.9. The molecule has 1 aromatic heterocycles. The van der Waals surface area contributed by atoms with E-state index < -0.39 is 0 Å². The van der Waals surface area contributed by atoms with Crippen LogP contribution < -0.4 is 0 Å². The fraction of sp³-hybridized carbons (Fsp3) is 0.100. The number of halogens is 1. The Hall–Kier alpha value is -1.29. The van der Waals surface area contributed by atoms with Crippen molar-refractivity contribution in [3.8, 4) is 0 Å². The first kappa shape index (κ1) is 9.27. The maximum atomic E-state index is 11.4. The van der Waals surface area contributed by atoms with Crippen LogP contribution in [0.1, 0.15) is 10.4 Å². The Labute approximate surface area is 89.3 Å². The zero-order valence-electron chi connectivity index (χ0n) is 7.27. The van der Waals surface area contributed by atoms with Gasteiger partial charge in [-0.3, -0.25) is 14.8 Å². The highest BCUT2D eigenvalue weighted by Gasteiger charge is 2.04. The highest BCUT2D eigenvalue weighted by molar-refractivity contribution is 9.09. The molecule has 0 aliphatic rings. The molecule has 2 rings (SSSR count). The van der Waals surface area contributed by atoms with E-state index in [1.807, 2.05) is 0 Å². The van der Waals surface area contributed by atoms with Crippen LogP contribution in [0.2, 0.25) is 0 Å². The molecule has 4 heteroatoms. The number of carbonyl (C=O) groups is 1. The molecule has 0 aliphatic heterocycles. The van der Waals surface area contributed by atoms with Crippen LogP contribution in [0.25, 0.3) is 11.0 Å². The van der Waals surface area contributed by atoms with Gasteiger partial charge in [-0.25, -0.2) is 0 Å². The molecule has 0 unspecified atom stereocenters. The van der Waals surface area contributed by atoms with E-state index in [9.17, 15) is 4.79 Å². The Morgan fingerprint density at radius 1 is 1.21 bits per heavy atom. The number of Topliss-reactive ketones (excluding diaryl/α,β-unsaturated/α-hetero) is 1. The number of fused-ring (bicyclic) bond motifs is 1. The first-order valence-electron chi connectivity index (χ1n) is 4.11. The minimum atomic E-state index is 0.0533. The van der Waals surface area contributed by atoms with Gasteiger partial charge in [-0.15, -0.1) is 0 Å². The molecule has 1 heterocycles. The van der Waals surface area contributed by atoms with Crippen LogP contribution in [0.4, 0.5) is 0 Å². The van der Waals surface area contributed by atoms with E-state index in [1.165, 1.54) is 0 Å². The molecule has 0 fully saturated rings. The normalized spacial score (nSPS) is 10.4. The van der Waals surface area contributed by atoms with Gasteiger partial charge in [0, 0.05) is 18.0 Å². The van der Waals surface area contributed by atoms with Crippen molar-refractivity contribution in [1.82, 2.24) is 9.97 Å². The summed E-state index contributed by atoms with van der Waals surface area (Å²) in [5.41, 5.74) is 2.22. The molecule has 0 N–H and O–H groups in total. The second-order valence-electron chi connectivity index (χ2n) is 2.82. The Bertz CT molecular complexity index is 484. The number of aromatic nitrogens is 2. The average Bonchev–Trinajstić information content (AvgIpc) is 2.27. The van der Waals surface area contributed by atoms with E-state index in [4.69, 9.17) is 0 Å². The summed E-state index contributed by atoms with van der Waals surface area (Å²) in [4.78, 5) is 19.6. The molecule has 0 spiro atoms. The van der Waals surface area contributed by atoms with Crippen LogP contribution in [0.15, 0.2) is 30.6 Å². The van der Waals surface area contributed by atoms with Gasteiger partial charge in [-0.05, 0) is 18.2 Å². The quantitative estimate of drug-likeness (QED) is 0.607. The highest BCUT2D eigenvalue weighted by Crippen LogP contribution is 2.11. The van der Waals surface area contributed by atoms with Crippen LogP contribution >= 0.6 is 15.9 Å². The fourth-order valence-corrected chi connectivity index (χ4v) is 1.54. The second kappa shape index (κ2) is 3.84. The number of carbonyl (C=O) groups excluding carboxylic acids is 1. The predicted molar refractivity (Wildman–Crippen MR) is 57.7 cm³/mol. The minimum absolute atomic E-state index is 0.0533. The molecule has 70 valence electrons. The number of ketones is 1. The number of alkyl halides is 1. The lowest BCUT2D eigenvalue weighted by Gasteiger charge is -1.98. The first-order chi connectivity index (χ1) is 6.81. The molecule has 14 heavy (non-hydrogen) atoms. The third kappa shape index (κ3) is 1.65. The van der Waals surface area contributed by atoms with Crippen molar-refractivity contribution < 1.29 is 4.79 Å². The Morgan fingerprint density at radius 3 is 2.64 bits per heavy atom. The van der Waals surface area contributed by atoms with Gasteiger partial charge < -0.3 is 0 Å². The summed E-state index contributed by atoms with van der Waals surface area (Å²) in [6.07, 6.45) is 3.25. The molecule has 1 aromatic carbocycles. The van der Waals surface area contributed by atoms with E-state index in [0.29, 0.717) is 10.9 Å². The molecule has 0 atom stereocenters. The van der Waals surface area contributed by atoms with Gasteiger partial charge in [0.15, 0.2) is 5.78 Å². The van der Waals surface area contributed by atoms with E-state index in [-0.39, 0.29) is 5.78 Å². The lowest BCUT2D eigenvalue weighted by atomic mass is 10.1. The van der Waals surface area contributed by atoms with E-state index >= 15 is 0 Å². The van der Waals surface area contributed by atoms with Gasteiger partial charge in [-0.2, -0.15) is 0 Å². The van der Waals surface area contributed by atoms with Crippen LogP contribution in [-0.2, 0) is 0 Å². The maximum absolute atomic E-state index is 11.4. The van der Waals surface area contributed by atoms with Gasteiger partial charge in [0.25, 0.3) is 0 Å². The molecule has 0 saturated heterocycles. The molecule has 0 radical (unpaired) electrons. The minimum Gasteiger partial charge on any atom is -0.293 e. The van der Waals surface area contributed by atoms with Crippen molar-refractivity contribution in [2.24, 2.45) is 0 Å². The molecule has 2 aromatic rings. The standard InChI is InChI=1S/C10H7BrN2O/c11-6-10(14)7-1-2-8-9(5-7)13-4-3-12-8/h1-5H,6H2. The van der Waals surface area contributed by atoms with Crippen molar-refractivity contribution in [3.05, 3.63) is 36.2 Å². The SMILES string of the molecule is O=C(CBr)c1ccc2nccnc2c1. The van der Waals surface area contributed by atoms with E-state index in [0.717, 1.165) is 11.0 Å². The zero-order valence-corrected chi connectivity index (χ0v) is 8.86. The number of benzene rings is 1. The van der Waals surface area contributed by atoms with Crippen LogP contribution in [0.5, 0.6) is 0 Å². The smallest absolute Gasteiger partial charge is 0.173 e. The van der Waals surface area contributed by atoms with Crippen molar-refractivity contribution in [3.63, 3.8) is 0 Å². The number of hydrogen-bond acceptors (Lipinski definition) is 3. The summed E-state index contributed by atoms with van der Waals surface area (Å²) in [6.45, 7) is 0. The summed E-state index contributed by atoms with van der Waals surface area (Å²) in [7, 11) is 0. The predicted octanol–water partition coefficient (Wildman–Crippen LogP) is 2.21. The summed E-state index contributed by atoms with van der Waals surface area (Å²) in [5.74, 6) is 0.0533. The average molecular weight is 251 g/mol. The zero-order chi connectivity index (χ0) is 9.97. The van der Waals surface area contributed by atoms with Gasteiger partial charge in [0.1, 0.15) is 0 Å². The topological polar surface area (TPSA) is 42.9 Å². The molecule has 0 amide bonds. The Balaban J connectivity index is 2.56. The van der Waals surface area contributed by atoms with Crippen molar-refractivity contribution in [1.29, 1.82) is 0 Å². The van der Waals surface area contributed by atoms with Crippen molar-refractivity contribution in [2.45, 2.75) is 0 Å². The Morgan fingerprint density at radius 2 is 1.93 bits per heavy atom.